The first-order valence-corrected chi connectivity index (χ1v) is 15.3. The summed E-state index contributed by atoms with van der Waals surface area (Å²) in [5.74, 6) is -3.35. The standard InChI is InChI=1S/C39H34N2O3/c42-37-33(23-29-19-21-40(25-27-11-3-1-4-12-27)35-17-9-7-15-31(29)35)38(43)39(44)34(37)24-30-20-22-41(26-28-13-5-2-6-14-28)36-18-10-8-16-32(30)36/h1-22,29-30,33-34H,23-26H2. The molecule has 4 unspecified atom stereocenters. The molecule has 2 aliphatic heterocycles. The van der Waals surface area contributed by atoms with Gasteiger partial charge in [-0.15, -0.1) is 0 Å². The lowest BCUT2D eigenvalue weighted by Gasteiger charge is -2.32. The lowest BCUT2D eigenvalue weighted by molar-refractivity contribution is -0.137. The highest BCUT2D eigenvalue weighted by Gasteiger charge is 2.50. The normalized spacial score (nSPS) is 22.3. The largest absolute Gasteiger partial charge is 0.344 e. The van der Waals surface area contributed by atoms with Crippen molar-refractivity contribution in [3.8, 4) is 0 Å². The summed E-state index contributed by atoms with van der Waals surface area (Å²) in [4.78, 5) is 44.8. The molecule has 0 amide bonds. The third-order valence-electron chi connectivity index (χ3n) is 9.22. The molecule has 1 aliphatic carbocycles. The number of hydrogen-bond donors (Lipinski definition) is 0. The van der Waals surface area contributed by atoms with Crippen molar-refractivity contribution in [2.45, 2.75) is 37.8 Å². The zero-order valence-electron chi connectivity index (χ0n) is 24.5. The van der Waals surface area contributed by atoms with Crippen LogP contribution in [0.2, 0.25) is 0 Å². The van der Waals surface area contributed by atoms with Gasteiger partial charge in [0.05, 0.1) is 11.8 Å². The Labute approximate surface area is 258 Å². The second kappa shape index (κ2) is 11.9. The van der Waals surface area contributed by atoms with E-state index in [2.05, 4.69) is 70.5 Å². The van der Waals surface area contributed by atoms with Gasteiger partial charge in [0.1, 0.15) is 0 Å². The Hall–Kier alpha value is -5.03. The molecule has 218 valence electrons. The van der Waals surface area contributed by atoms with E-state index in [1.54, 1.807) is 0 Å². The summed E-state index contributed by atoms with van der Waals surface area (Å²) in [6.45, 7) is 1.45. The van der Waals surface area contributed by atoms with Gasteiger partial charge in [0, 0.05) is 48.7 Å². The number of Topliss-reactive ketones (excluding diaryl/α,β-unsaturated/α-hetero) is 3. The van der Waals surface area contributed by atoms with Crippen LogP contribution >= 0.6 is 0 Å². The molecule has 0 N–H and O–H groups in total. The Balaban J connectivity index is 1.08. The molecule has 0 aromatic heterocycles. The predicted molar refractivity (Wildman–Crippen MR) is 173 cm³/mol. The van der Waals surface area contributed by atoms with Crippen molar-refractivity contribution in [1.82, 2.24) is 0 Å². The van der Waals surface area contributed by atoms with Crippen LogP contribution in [0.4, 0.5) is 11.4 Å². The van der Waals surface area contributed by atoms with Crippen LogP contribution in [0.3, 0.4) is 0 Å². The van der Waals surface area contributed by atoms with Gasteiger partial charge in [0.25, 0.3) is 0 Å². The van der Waals surface area contributed by atoms with E-state index in [1.165, 1.54) is 11.1 Å². The number of benzene rings is 4. The molecular formula is C39H34N2O3. The molecule has 0 bridgehead atoms. The minimum absolute atomic E-state index is 0.121. The summed E-state index contributed by atoms with van der Waals surface area (Å²) < 4.78 is 0. The topological polar surface area (TPSA) is 57.7 Å². The molecule has 1 fully saturated rings. The number of rotatable bonds is 8. The summed E-state index contributed by atoms with van der Waals surface area (Å²) in [5.41, 5.74) is 6.67. The highest BCUT2D eigenvalue weighted by atomic mass is 16.2. The van der Waals surface area contributed by atoms with E-state index in [0.29, 0.717) is 12.8 Å². The first-order chi connectivity index (χ1) is 21.6. The summed E-state index contributed by atoms with van der Waals surface area (Å²) in [6, 6.07) is 36.8. The van der Waals surface area contributed by atoms with Crippen LogP contribution < -0.4 is 9.80 Å². The Morgan fingerprint density at radius 1 is 0.477 bits per heavy atom. The Bertz CT molecular complexity index is 1630. The smallest absolute Gasteiger partial charge is 0.209 e. The monoisotopic (exact) mass is 578 g/mol. The maximum atomic E-state index is 13.8. The van der Waals surface area contributed by atoms with Gasteiger partial charge in [-0.1, -0.05) is 109 Å². The first kappa shape index (κ1) is 27.8. The van der Waals surface area contributed by atoms with E-state index in [4.69, 9.17) is 0 Å². The van der Waals surface area contributed by atoms with Crippen molar-refractivity contribution < 1.29 is 14.4 Å². The molecule has 4 aromatic carbocycles. The number of carbonyl (C=O) groups excluding carboxylic acids is 3. The average Bonchev–Trinajstić information content (AvgIpc) is 3.26. The molecule has 4 aromatic rings. The van der Waals surface area contributed by atoms with E-state index >= 15 is 0 Å². The number of hydrogen-bond acceptors (Lipinski definition) is 5. The summed E-state index contributed by atoms with van der Waals surface area (Å²) in [6.07, 6.45) is 8.88. The molecule has 7 rings (SSSR count). The summed E-state index contributed by atoms with van der Waals surface area (Å²) in [5, 5.41) is 0. The van der Waals surface area contributed by atoms with Crippen molar-refractivity contribution in [2.75, 3.05) is 9.80 Å². The molecule has 3 aliphatic rings. The van der Waals surface area contributed by atoms with Crippen molar-refractivity contribution in [3.63, 3.8) is 0 Å². The quantitative estimate of drug-likeness (QED) is 0.162. The maximum Gasteiger partial charge on any atom is 0.209 e. The third kappa shape index (κ3) is 5.30. The molecule has 0 spiro atoms. The van der Waals surface area contributed by atoms with Crippen molar-refractivity contribution >= 4 is 28.7 Å². The van der Waals surface area contributed by atoms with E-state index in [0.717, 1.165) is 35.6 Å². The third-order valence-corrected chi connectivity index (χ3v) is 9.22. The van der Waals surface area contributed by atoms with Crippen molar-refractivity contribution in [3.05, 3.63) is 156 Å². The first-order valence-electron chi connectivity index (χ1n) is 15.3. The van der Waals surface area contributed by atoms with Crippen LogP contribution in [0.25, 0.3) is 0 Å². The second-order valence-electron chi connectivity index (χ2n) is 11.9. The van der Waals surface area contributed by atoms with Gasteiger partial charge in [-0.3, -0.25) is 14.4 Å². The molecule has 5 heteroatoms. The van der Waals surface area contributed by atoms with Gasteiger partial charge in [-0.05, 0) is 47.2 Å². The maximum absolute atomic E-state index is 13.8. The number of anilines is 2. The van der Waals surface area contributed by atoms with Gasteiger partial charge >= 0.3 is 0 Å². The molecule has 44 heavy (non-hydrogen) atoms. The molecule has 2 heterocycles. The predicted octanol–water partition coefficient (Wildman–Crippen LogP) is 7.36. The lowest BCUT2D eigenvalue weighted by Crippen LogP contribution is -2.25. The van der Waals surface area contributed by atoms with E-state index in [-0.39, 0.29) is 17.6 Å². The van der Waals surface area contributed by atoms with Crippen molar-refractivity contribution in [2.24, 2.45) is 11.8 Å². The molecule has 0 radical (unpaired) electrons. The second-order valence-corrected chi connectivity index (χ2v) is 11.9. The highest BCUT2D eigenvalue weighted by Crippen LogP contribution is 2.43. The number of para-hydroxylation sites is 2. The molecule has 1 saturated carbocycles. The number of carbonyl (C=O) groups is 3. The number of ketones is 3. The van der Waals surface area contributed by atoms with Gasteiger partial charge in [-0.2, -0.15) is 0 Å². The highest BCUT2D eigenvalue weighted by molar-refractivity contribution is 6.51. The van der Waals surface area contributed by atoms with Gasteiger partial charge in [0.15, 0.2) is 5.78 Å². The minimum Gasteiger partial charge on any atom is -0.344 e. The number of allylic oxidation sites excluding steroid dienone is 2. The minimum atomic E-state index is -0.909. The summed E-state index contributed by atoms with van der Waals surface area (Å²) in [7, 11) is 0. The SMILES string of the molecule is O=C1C(=O)C(CC2C=CN(Cc3ccccc3)c3ccccc32)C(=O)C1CC1C=CN(Cc2ccccc2)c2ccccc21. The van der Waals surface area contributed by atoms with Gasteiger partial charge < -0.3 is 9.80 Å². The van der Waals surface area contributed by atoms with Crippen LogP contribution in [0.1, 0.15) is 46.9 Å². The zero-order chi connectivity index (χ0) is 30.0. The van der Waals surface area contributed by atoms with Crippen LogP contribution in [0.15, 0.2) is 134 Å². The Kier molecular flexibility index (Phi) is 7.53. The molecular weight excluding hydrogens is 544 g/mol. The average molecular weight is 579 g/mol. The van der Waals surface area contributed by atoms with E-state index in [9.17, 15) is 14.4 Å². The van der Waals surface area contributed by atoms with E-state index < -0.39 is 23.4 Å². The van der Waals surface area contributed by atoms with Crippen molar-refractivity contribution in [1.29, 1.82) is 0 Å². The van der Waals surface area contributed by atoms with Crippen LogP contribution in [-0.2, 0) is 27.5 Å². The fraction of sp³-hybridized carbons (Fsp3) is 0.205. The van der Waals surface area contributed by atoms with Gasteiger partial charge in [0.2, 0.25) is 11.6 Å². The number of nitrogens with zero attached hydrogens (tertiary/aromatic N) is 2. The molecule has 4 atom stereocenters. The number of fused-ring (bicyclic) bond motifs is 2. The van der Waals surface area contributed by atoms with Crippen LogP contribution in [-0.4, -0.2) is 17.3 Å². The Morgan fingerprint density at radius 2 is 0.864 bits per heavy atom. The van der Waals surface area contributed by atoms with Gasteiger partial charge in [-0.25, -0.2) is 0 Å². The van der Waals surface area contributed by atoms with Crippen LogP contribution in [0.5, 0.6) is 0 Å². The molecule has 0 saturated heterocycles. The fourth-order valence-corrected chi connectivity index (χ4v) is 6.95. The lowest BCUT2D eigenvalue weighted by atomic mass is 9.82. The summed E-state index contributed by atoms with van der Waals surface area (Å²) >= 11 is 0. The fourth-order valence-electron chi connectivity index (χ4n) is 6.95. The Morgan fingerprint density at radius 3 is 1.30 bits per heavy atom. The molecule has 5 nitrogen and oxygen atoms in total. The van der Waals surface area contributed by atoms with E-state index in [1.807, 2.05) is 73.1 Å². The van der Waals surface area contributed by atoms with Crippen LogP contribution in [0, 0.1) is 11.8 Å². The zero-order valence-corrected chi connectivity index (χ0v) is 24.5.